The normalized spacial score (nSPS) is 12.0. The van der Waals surface area contributed by atoms with Crippen LogP contribution in [0.25, 0.3) is 182 Å². The molecule has 0 spiro atoms. The van der Waals surface area contributed by atoms with Crippen LogP contribution >= 0.6 is 0 Å². The van der Waals surface area contributed by atoms with Crippen molar-refractivity contribution in [2.45, 2.75) is 79.1 Å². The zero-order valence-electron chi connectivity index (χ0n) is 62.1. The number of aryl methyl sites for hydroxylation is 4. The number of nitrogens with zero attached hydrogens (tertiary/aromatic N) is 8. The predicted octanol–water partition coefficient (Wildman–Crippen LogP) is 19.4. The van der Waals surface area contributed by atoms with E-state index in [-0.39, 0.29) is 32.9 Å². The van der Waals surface area contributed by atoms with Crippen molar-refractivity contribution in [2.75, 3.05) is 4.90 Å². The lowest BCUT2D eigenvalue weighted by molar-refractivity contribution is 0.924. The third kappa shape index (κ3) is 10.0. The fourth-order valence-electron chi connectivity index (χ4n) is 18.5. The molecule has 0 atom stereocenters. The summed E-state index contributed by atoms with van der Waals surface area (Å²) in [6, 6.07) is 81.5. The molecule has 0 aliphatic carbocycles. The van der Waals surface area contributed by atoms with Gasteiger partial charge in [-0.2, -0.15) is 21.0 Å². The molecule has 3 aliphatic heterocycles. The summed E-state index contributed by atoms with van der Waals surface area (Å²) in [7, 11) is 0. The van der Waals surface area contributed by atoms with Crippen LogP contribution in [0.1, 0.15) is 75.6 Å². The average molecular weight is 1450 g/mol. The molecule has 19 aromatic rings. The molecular formula is C100H68N8O4. The van der Waals surface area contributed by atoms with Gasteiger partial charge in [0.15, 0.2) is 21.7 Å². The Bertz CT molecular complexity index is 8110. The second kappa shape index (κ2) is 26.1. The summed E-state index contributed by atoms with van der Waals surface area (Å²) in [6.07, 6.45) is 7.62. The molecule has 0 saturated heterocycles. The Labute approximate surface area is 639 Å². The van der Waals surface area contributed by atoms with Crippen LogP contribution in [0.15, 0.2) is 238 Å². The minimum Gasteiger partial charge on any atom is -0.308 e. The van der Waals surface area contributed by atoms with E-state index in [1.165, 1.54) is 27.3 Å². The van der Waals surface area contributed by atoms with Crippen LogP contribution in [-0.2, 0) is 25.7 Å². The van der Waals surface area contributed by atoms with E-state index in [2.05, 4.69) is 192 Å². The number of benzene rings is 10. The first-order chi connectivity index (χ1) is 54.7. The topological polar surface area (TPSA) is 180 Å². The van der Waals surface area contributed by atoms with Gasteiger partial charge in [0.25, 0.3) is 0 Å². The van der Waals surface area contributed by atoms with E-state index in [0.29, 0.717) is 32.0 Å². The maximum atomic E-state index is 13.1. The molecule has 0 N–H and O–H groups in total. The molecular weight excluding hydrogens is 1380 g/mol. The van der Waals surface area contributed by atoms with Gasteiger partial charge in [0, 0.05) is 132 Å². The zero-order chi connectivity index (χ0) is 76.8. The third-order valence-electron chi connectivity index (χ3n) is 23.1. The molecule has 0 bridgehead atoms. The van der Waals surface area contributed by atoms with Gasteiger partial charge in [-0.1, -0.05) is 188 Å². The Hall–Kier alpha value is -14.6. The van der Waals surface area contributed by atoms with Crippen molar-refractivity contribution in [3.05, 3.63) is 302 Å². The summed E-state index contributed by atoms with van der Waals surface area (Å²) in [4.78, 5) is 54.0. The van der Waals surface area contributed by atoms with Crippen LogP contribution in [0, 0.1) is 45.3 Å². The monoisotopic (exact) mass is 1440 g/mol. The Morgan fingerprint density at radius 2 is 0.607 bits per heavy atom. The molecule has 10 aromatic carbocycles. The average Bonchev–Trinajstić information content (AvgIpc) is 0.947. The first kappa shape index (κ1) is 68.0. The second-order valence-corrected chi connectivity index (χ2v) is 29.8. The highest BCUT2D eigenvalue weighted by Crippen LogP contribution is 2.51. The van der Waals surface area contributed by atoms with Gasteiger partial charge in [-0.15, -0.1) is 0 Å². The molecule has 12 heterocycles. The van der Waals surface area contributed by atoms with Gasteiger partial charge in [0.2, 0.25) is 0 Å². The molecule has 22 rings (SSSR count). The molecule has 112 heavy (non-hydrogen) atoms. The molecule has 532 valence electrons. The number of fused-ring (bicyclic) bond motifs is 10. The van der Waals surface area contributed by atoms with E-state index in [9.17, 15) is 40.2 Å². The van der Waals surface area contributed by atoms with Crippen LogP contribution in [0.3, 0.4) is 0 Å². The standard InChI is InChI=1S/C29H19N3.C25H17N3.C25H17NO2.C21H15NO2/c1-3-6-18-12-23-17(2)11-26-21-9-4-7-19-8-5-10-22(28(19)21)27-14-24(20(15-30)16-31)25(13-18)29(23)32(26)27;1-3-6-16-10-20-15(2)9-23-18-7-4-5-8-19(18)24-12-21(17(13-26)14-27)22(11-16)25(20)28(23)24;1-2-5-14-10-18-22(27)12-20-16-8-3-6-15-7-4-9-17(24(15)16)21-13-23(28)19(11-14)25(18)26(20)21;1-2-5-12-8-15-19(23)10-17-13-6-3-4-7-14(13)18-11-20(24)16(9-12)21(15)22(17)18/h4-5,7-14H,2-3,6H2,1H3;4-5,7-12H,2-3,6H2,1H3;3-4,6-13H,2,5H2,1H3;3-4,6-11H,2,5H2,1H3. The fraction of sp³-hybridized carbons (Fsp3) is 0.120. The van der Waals surface area contributed by atoms with Crippen LogP contribution in [0.2, 0.25) is 0 Å². The number of hydrogen-bond acceptors (Lipinski definition) is 9. The van der Waals surface area contributed by atoms with Gasteiger partial charge in [0.1, 0.15) is 35.4 Å². The van der Waals surface area contributed by atoms with Crippen molar-refractivity contribution < 1.29 is 0 Å². The van der Waals surface area contributed by atoms with Gasteiger partial charge in [-0.05, 0) is 142 Å². The number of rotatable bonds is 8. The number of nitriles is 4. The van der Waals surface area contributed by atoms with Crippen molar-refractivity contribution in [3.63, 3.8) is 0 Å². The Morgan fingerprint density at radius 1 is 0.304 bits per heavy atom. The number of anilines is 3. The zero-order valence-corrected chi connectivity index (χ0v) is 62.1. The SMILES string of the molecule is C=c1cc2c3cccc4cccc(c5cc(=C(C#N)C#N)c6cc(CCC)cc1c6N25)c43.C=c1cc2c3ccccc3c3cc(=C(C#N)C#N)c4cc(CCC)cc1c4n23.CCCc1cc2c(=O)cc3c4cccc5cccc(c54)c4cc(=O)c(c1)c2n34.CCCc1cc2c(=O)cc3c4ccccc4c4cc(=O)c(c1)c2n34. The second-order valence-electron chi connectivity index (χ2n) is 29.8. The summed E-state index contributed by atoms with van der Waals surface area (Å²) in [5, 5.41) is 61.9. The van der Waals surface area contributed by atoms with Gasteiger partial charge >= 0.3 is 0 Å². The van der Waals surface area contributed by atoms with Crippen molar-refractivity contribution >= 4 is 199 Å². The highest BCUT2D eigenvalue weighted by Gasteiger charge is 2.30. The predicted molar refractivity (Wildman–Crippen MR) is 461 cm³/mol. The molecule has 0 fully saturated rings. The minimum absolute atomic E-state index is 0.0128. The van der Waals surface area contributed by atoms with Crippen molar-refractivity contribution in [3.8, 4) is 24.3 Å². The smallest absolute Gasteiger partial charge is 0.190 e. The van der Waals surface area contributed by atoms with Crippen LogP contribution in [0.4, 0.5) is 17.1 Å². The van der Waals surface area contributed by atoms with Crippen LogP contribution in [-0.4, -0.2) is 13.2 Å². The summed E-state index contributed by atoms with van der Waals surface area (Å²) in [5.41, 5.74) is 16.0. The Morgan fingerprint density at radius 3 is 1.02 bits per heavy atom. The molecule has 0 saturated carbocycles. The maximum Gasteiger partial charge on any atom is 0.190 e. The van der Waals surface area contributed by atoms with Crippen molar-refractivity contribution in [1.29, 1.82) is 21.0 Å². The van der Waals surface area contributed by atoms with E-state index in [1.807, 2.05) is 84.9 Å². The maximum absolute atomic E-state index is 13.1. The van der Waals surface area contributed by atoms with Crippen molar-refractivity contribution in [2.24, 2.45) is 0 Å². The summed E-state index contributed by atoms with van der Waals surface area (Å²) < 4.78 is 6.45. The fourth-order valence-corrected chi connectivity index (χ4v) is 18.5. The van der Waals surface area contributed by atoms with Gasteiger partial charge in [-0.3, -0.25) is 19.2 Å². The van der Waals surface area contributed by atoms with E-state index in [0.717, 1.165) is 210 Å². The molecule has 3 aliphatic rings. The third-order valence-corrected chi connectivity index (χ3v) is 23.1. The highest BCUT2D eigenvalue weighted by atomic mass is 16.1. The van der Waals surface area contributed by atoms with E-state index < -0.39 is 0 Å². The van der Waals surface area contributed by atoms with Crippen molar-refractivity contribution in [1.82, 2.24) is 13.2 Å². The molecule has 12 heteroatoms. The molecule has 12 nitrogen and oxygen atoms in total. The summed E-state index contributed by atoms with van der Waals surface area (Å²) >= 11 is 0. The summed E-state index contributed by atoms with van der Waals surface area (Å²) in [5.74, 6) is 0. The molecule has 9 aromatic heterocycles. The number of pyridine rings is 7. The highest BCUT2D eigenvalue weighted by molar-refractivity contribution is 6.26. The lowest BCUT2D eigenvalue weighted by atomic mass is 9.89. The lowest BCUT2D eigenvalue weighted by Gasteiger charge is -2.35. The number of hydrogen-bond donors (Lipinski definition) is 0. The minimum atomic E-state index is -0.0223. The van der Waals surface area contributed by atoms with Gasteiger partial charge in [0.05, 0.1) is 66.7 Å². The van der Waals surface area contributed by atoms with Crippen LogP contribution < -0.4 is 47.5 Å². The van der Waals surface area contributed by atoms with Gasteiger partial charge < -0.3 is 18.1 Å². The Kier molecular flexibility index (Phi) is 15.9. The van der Waals surface area contributed by atoms with Gasteiger partial charge in [-0.25, -0.2) is 0 Å². The van der Waals surface area contributed by atoms with Crippen LogP contribution in [0.5, 0.6) is 0 Å². The molecule has 0 unspecified atom stereocenters. The van der Waals surface area contributed by atoms with E-state index in [1.54, 1.807) is 24.3 Å². The first-order valence-corrected chi connectivity index (χ1v) is 38.2. The largest absolute Gasteiger partial charge is 0.308 e. The molecule has 0 amide bonds. The quantitative estimate of drug-likeness (QED) is 0.106. The van der Waals surface area contributed by atoms with E-state index in [4.69, 9.17) is 0 Å². The Balaban J connectivity index is 0.000000101. The summed E-state index contributed by atoms with van der Waals surface area (Å²) in [6.45, 7) is 17.2. The molecule has 0 radical (unpaired) electrons. The lowest BCUT2D eigenvalue weighted by Crippen LogP contribution is -2.26. The number of aromatic nitrogens is 3. The first-order valence-electron chi connectivity index (χ1n) is 38.2. The van der Waals surface area contributed by atoms with E-state index >= 15 is 0 Å².